The minimum absolute atomic E-state index is 0.504. The highest BCUT2D eigenvalue weighted by atomic mass is 35.5. The Morgan fingerprint density at radius 3 is 2.60 bits per heavy atom. The zero-order chi connectivity index (χ0) is 14.1. The van der Waals surface area contributed by atoms with Crippen LogP contribution in [0, 0.1) is 0 Å². The average Bonchev–Trinajstić information content (AvgIpc) is 3.26. The van der Waals surface area contributed by atoms with Gasteiger partial charge in [-0.25, -0.2) is 0 Å². The molecular weight excluding hydrogens is 291 g/mol. The molecule has 1 unspecified atom stereocenters. The van der Waals surface area contributed by atoms with Gasteiger partial charge in [-0.1, -0.05) is 53.5 Å². The molecule has 0 heterocycles. The van der Waals surface area contributed by atoms with E-state index in [-0.39, 0.29) is 0 Å². The number of halogens is 2. The van der Waals surface area contributed by atoms with Gasteiger partial charge in [0.2, 0.25) is 0 Å². The van der Waals surface area contributed by atoms with Gasteiger partial charge in [0.25, 0.3) is 0 Å². The first-order valence-electron chi connectivity index (χ1n) is 6.85. The minimum atomic E-state index is -0.535. The van der Waals surface area contributed by atoms with Crippen molar-refractivity contribution < 1.29 is 5.11 Å². The summed E-state index contributed by atoms with van der Waals surface area (Å²) < 4.78 is 0. The Labute approximate surface area is 129 Å². The van der Waals surface area contributed by atoms with Crippen molar-refractivity contribution in [2.24, 2.45) is 0 Å². The van der Waals surface area contributed by atoms with E-state index in [9.17, 15) is 5.11 Å². The van der Waals surface area contributed by atoms with Crippen LogP contribution in [-0.2, 0) is 6.42 Å². The van der Waals surface area contributed by atoms with Crippen molar-refractivity contribution in [2.75, 3.05) is 0 Å². The second kappa shape index (κ2) is 5.77. The van der Waals surface area contributed by atoms with Gasteiger partial charge in [0.1, 0.15) is 0 Å². The Morgan fingerprint density at radius 1 is 1.10 bits per heavy atom. The maximum absolute atomic E-state index is 10.4. The summed E-state index contributed by atoms with van der Waals surface area (Å²) in [7, 11) is 0. The highest BCUT2D eigenvalue weighted by Gasteiger charge is 2.24. The number of aliphatic hydroxyl groups excluding tert-OH is 1. The van der Waals surface area contributed by atoms with E-state index in [1.807, 2.05) is 18.2 Å². The fraction of sp³-hybridized carbons (Fsp3) is 0.294. The molecule has 0 aromatic heterocycles. The molecule has 0 aliphatic heterocycles. The zero-order valence-corrected chi connectivity index (χ0v) is 12.5. The summed E-state index contributed by atoms with van der Waals surface area (Å²) in [5.41, 5.74) is 3.21. The maximum atomic E-state index is 10.4. The largest absolute Gasteiger partial charge is 0.388 e. The van der Waals surface area contributed by atoms with Gasteiger partial charge in [-0.15, -0.1) is 0 Å². The topological polar surface area (TPSA) is 20.2 Å². The number of aliphatic hydroxyl groups is 1. The molecule has 1 aliphatic rings. The lowest BCUT2D eigenvalue weighted by molar-refractivity contribution is 0.178. The maximum Gasteiger partial charge on any atom is 0.0831 e. The van der Waals surface area contributed by atoms with Crippen LogP contribution in [0.3, 0.4) is 0 Å². The van der Waals surface area contributed by atoms with Crippen LogP contribution in [0.4, 0.5) is 0 Å². The molecule has 104 valence electrons. The third kappa shape index (κ3) is 3.17. The first-order valence-corrected chi connectivity index (χ1v) is 7.61. The Balaban J connectivity index is 1.78. The fourth-order valence-electron chi connectivity index (χ4n) is 2.45. The van der Waals surface area contributed by atoms with Crippen molar-refractivity contribution in [3.8, 4) is 0 Å². The summed E-state index contributed by atoms with van der Waals surface area (Å²) in [5, 5.41) is 11.6. The summed E-state index contributed by atoms with van der Waals surface area (Å²) in [6, 6.07) is 13.6. The van der Waals surface area contributed by atoms with Crippen molar-refractivity contribution in [2.45, 2.75) is 31.3 Å². The molecule has 1 atom stereocenters. The number of hydrogen-bond acceptors (Lipinski definition) is 1. The van der Waals surface area contributed by atoms with E-state index < -0.39 is 6.10 Å². The van der Waals surface area contributed by atoms with Crippen molar-refractivity contribution in [1.82, 2.24) is 0 Å². The molecule has 1 aliphatic carbocycles. The Morgan fingerprint density at radius 2 is 1.90 bits per heavy atom. The van der Waals surface area contributed by atoms with Gasteiger partial charge in [-0.05, 0) is 47.6 Å². The molecule has 0 saturated heterocycles. The van der Waals surface area contributed by atoms with E-state index >= 15 is 0 Å². The van der Waals surface area contributed by atoms with Crippen LogP contribution >= 0.6 is 23.2 Å². The number of rotatable bonds is 4. The second-order valence-corrected chi connectivity index (χ2v) is 6.24. The van der Waals surface area contributed by atoms with Gasteiger partial charge in [-0.3, -0.25) is 0 Å². The number of hydrogen-bond donors (Lipinski definition) is 1. The monoisotopic (exact) mass is 306 g/mol. The molecule has 2 aromatic carbocycles. The lowest BCUT2D eigenvalue weighted by Gasteiger charge is -2.13. The smallest absolute Gasteiger partial charge is 0.0831 e. The molecule has 2 aromatic rings. The van der Waals surface area contributed by atoms with E-state index in [1.54, 1.807) is 12.1 Å². The fourth-order valence-corrected chi connectivity index (χ4v) is 2.94. The van der Waals surface area contributed by atoms with Gasteiger partial charge in [0.05, 0.1) is 6.10 Å². The molecule has 20 heavy (non-hydrogen) atoms. The lowest BCUT2D eigenvalue weighted by Crippen LogP contribution is -2.03. The van der Waals surface area contributed by atoms with Gasteiger partial charge < -0.3 is 5.11 Å². The van der Waals surface area contributed by atoms with E-state index in [4.69, 9.17) is 23.2 Å². The van der Waals surface area contributed by atoms with Gasteiger partial charge in [0, 0.05) is 16.5 Å². The lowest BCUT2D eigenvalue weighted by atomic mass is 9.98. The normalized spacial score (nSPS) is 16.1. The van der Waals surface area contributed by atoms with E-state index in [2.05, 4.69) is 12.1 Å². The Bertz CT molecular complexity index is 620. The third-order valence-corrected chi connectivity index (χ3v) is 4.36. The van der Waals surface area contributed by atoms with E-state index in [0.717, 1.165) is 11.1 Å². The van der Waals surface area contributed by atoms with E-state index in [1.165, 1.54) is 18.4 Å². The summed E-state index contributed by atoms with van der Waals surface area (Å²) in [6.45, 7) is 0. The van der Waals surface area contributed by atoms with Crippen LogP contribution in [0.25, 0.3) is 0 Å². The van der Waals surface area contributed by atoms with Crippen molar-refractivity contribution >= 4 is 23.2 Å². The molecule has 0 bridgehead atoms. The first kappa shape index (κ1) is 13.9. The van der Waals surface area contributed by atoms with Crippen LogP contribution in [0.15, 0.2) is 42.5 Å². The third-order valence-electron chi connectivity index (χ3n) is 3.77. The van der Waals surface area contributed by atoms with Crippen LogP contribution in [0.5, 0.6) is 0 Å². The van der Waals surface area contributed by atoms with Crippen molar-refractivity contribution in [3.63, 3.8) is 0 Å². The van der Waals surface area contributed by atoms with Crippen LogP contribution in [-0.4, -0.2) is 5.11 Å². The van der Waals surface area contributed by atoms with E-state index in [0.29, 0.717) is 22.4 Å². The molecule has 1 nitrogen and oxygen atoms in total. The first-order chi connectivity index (χ1) is 9.63. The highest BCUT2D eigenvalue weighted by Crippen LogP contribution is 2.40. The average molecular weight is 307 g/mol. The minimum Gasteiger partial charge on any atom is -0.388 e. The standard InChI is InChI=1S/C17H16Cl2O/c18-15-7-6-13(16(19)10-15)9-17(20)14-3-1-2-12(8-14)11-4-5-11/h1-3,6-8,10-11,17,20H,4-5,9H2. The van der Waals surface area contributed by atoms with Crippen molar-refractivity contribution in [3.05, 3.63) is 69.2 Å². The summed E-state index contributed by atoms with van der Waals surface area (Å²) >= 11 is 12.0. The van der Waals surface area contributed by atoms with Gasteiger partial charge >= 0.3 is 0 Å². The van der Waals surface area contributed by atoms with Crippen molar-refractivity contribution in [1.29, 1.82) is 0 Å². The predicted octanol–water partition coefficient (Wildman–Crippen LogP) is 5.15. The summed E-state index contributed by atoms with van der Waals surface area (Å²) in [5.74, 6) is 0.696. The molecule has 1 saturated carbocycles. The summed E-state index contributed by atoms with van der Waals surface area (Å²) in [4.78, 5) is 0. The molecule has 3 rings (SSSR count). The van der Waals surface area contributed by atoms with Gasteiger partial charge in [0.15, 0.2) is 0 Å². The van der Waals surface area contributed by atoms with Crippen LogP contribution in [0.1, 0.15) is 41.6 Å². The molecule has 0 spiro atoms. The molecule has 0 amide bonds. The quantitative estimate of drug-likeness (QED) is 0.828. The Kier molecular flexibility index (Phi) is 4.02. The molecule has 0 radical (unpaired) electrons. The van der Waals surface area contributed by atoms with Crippen LogP contribution in [0.2, 0.25) is 10.0 Å². The molecule has 1 fully saturated rings. The Hall–Kier alpha value is -1.02. The van der Waals surface area contributed by atoms with Crippen LogP contribution < -0.4 is 0 Å². The predicted molar refractivity (Wildman–Crippen MR) is 83.5 cm³/mol. The highest BCUT2D eigenvalue weighted by molar-refractivity contribution is 6.35. The molecule has 3 heteroatoms. The zero-order valence-electron chi connectivity index (χ0n) is 11.0. The second-order valence-electron chi connectivity index (χ2n) is 5.40. The SMILES string of the molecule is OC(Cc1ccc(Cl)cc1Cl)c1cccc(C2CC2)c1. The molecule has 1 N–H and O–H groups in total. The molecular formula is C17H16Cl2O. The summed E-state index contributed by atoms with van der Waals surface area (Å²) in [6.07, 6.45) is 2.50. The number of benzene rings is 2. The van der Waals surface area contributed by atoms with Gasteiger partial charge in [-0.2, -0.15) is 0 Å².